The molecule has 1 saturated heterocycles. The van der Waals surface area contributed by atoms with Crippen molar-refractivity contribution in [1.29, 1.82) is 0 Å². The van der Waals surface area contributed by atoms with E-state index in [4.69, 9.17) is 21.1 Å². The average Bonchev–Trinajstić information content (AvgIpc) is 3.69. The molecule has 4 heterocycles. The van der Waals surface area contributed by atoms with Crippen molar-refractivity contribution in [3.63, 3.8) is 0 Å². The summed E-state index contributed by atoms with van der Waals surface area (Å²) >= 11 is 6.24. The van der Waals surface area contributed by atoms with Crippen molar-refractivity contribution >= 4 is 61.2 Å². The van der Waals surface area contributed by atoms with Crippen LogP contribution >= 0.6 is 11.6 Å². The number of nitrogens with zero attached hydrogens (tertiary/aromatic N) is 5. The van der Waals surface area contributed by atoms with Crippen LogP contribution in [0.4, 0.5) is 17.1 Å². The van der Waals surface area contributed by atoms with Crippen molar-refractivity contribution in [3.8, 4) is 17.2 Å². The number of likely N-dealkylation sites (N-methyl/N-ethyl adjacent to an activating group) is 1. The second-order valence-electron chi connectivity index (χ2n) is 17.0. The van der Waals surface area contributed by atoms with E-state index in [-0.39, 0.29) is 40.8 Å². The number of nitrogens with one attached hydrogen (secondary N) is 3. The van der Waals surface area contributed by atoms with Gasteiger partial charge < -0.3 is 29.6 Å². The van der Waals surface area contributed by atoms with Gasteiger partial charge in [0.05, 0.1) is 27.6 Å². The lowest BCUT2D eigenvalue weighted by atomic mass is 9.72. The first-order chi connectivity index (χ1) is 29.1. The predicted octanol–water partition coefficient (Wildman–Crippen LogP) is 7.56. The molecular formula is C44H49ClN8O7S. The number of aromatic amines is 1. The summed E-state index contributed by atoms with van der Waals surface area (Å²) in [7, 11) is -0.910. The van der Waals surface area contributed by atoms with Gasteiger partial charge in [0.25, 0.3) is 21.6 Å². The minimum Gasteiger partial charge on any atom is -0.489 e. The molecular weight excluding hydrogens is 820 g/mol. The molecule has 0 saturated carbocycles. The molecule has 3 aliphatic rings. The molecule has 8 rings (SSSR count). The molecule has 0 spiro atoms. The first-order valence-electron chi connectivity index (χ1n) is 20.2. The van der Waals surface area contributed by atoms with Crippen LogP contribution in [-0.4, -0.2) is 105 Å². The molecule has 17 heteroatoms. The lowest BCUT2D eigenvalue weighted by molar-refractivity contribution is -0.384. The third-order valence-corrected chi connectivity index (χ3v) is 13.1. The zero-order valence-corrected chi connectivity index (χ0v) is 36.1. The normalized spacial score (nSPS) is 18.1. The van der Waals surface area contributed by atoms with Gasteiger partial charge in [-0.15, -0.1) is 0 Å². The third kappa shape index (κ3) is 9.47. The van der Waals surface area contributed by atoms with E-state index in [1.165, 1.54) is 35.0 Å². The molecule has 1 fully saturated rings. The summed E-state index contributed by atoms with van der Waals surface area (Å²) in [6.07, 6.45) is 6.46. The molecule has 0 bridgehead atoms. The molecule has 15 nitrogen and oxygen atoms in total. The molecule has 0 radical (unpaired) electrons. The highest BCUT2D eigenvalue weighted by Gasteiger charge is 2.33. The predicted molar refractivity (Wildman–Crippen MR) is 236 cm³/mol. The van der Waals surface area contributed by atoms with E-state index in [9.17, 15) is 23.3 Å². The molecule has 1 atom stereocenters. The molecule has 1 aliphatic carbocycles. The number of nitro groups is 1. The van der Waals surface area contributed by atoms with Gasteiger partial charge in [-0.2, -0.15) is 0 Å². The zero-order chi connectivity index (χ0) is 43.1. The molecule has 320 valence electrons. The molecule has 61 heavy (non-hydrogen) atoms. The number of pyridine rings is 1. The summed E-state index contributed by atoms with van der Waals surface area (Å²) in [6, 6.07) is 18.6. The van der Waals surface area contributed by atoms with Gasteiger partial charge in [-0.25, -0.2) is 18.1 Å². The van der Waals surface area contributed by atoms with Gasteiger partial charge >= 0.3 is 0 Å². The Hall–Kier alpha value is -5.68. The Morgan fingerprint density at radius 1 is 1.08 bits per heavy atom. The highest BCUT2D eigenvalue weighted by Crippen LogP contribution is 2.44. The van der Waals surface area contributed by atoms with Crippen LogP contribution in [0.2, 0.25) is 5.02 Å². The number of benzene rings is 3. The Kier molecular flexibility index (Phi) is 11.7. The molecule has 0 unspecified atom stereocenters. The van der Waals surface area contributed by atoms with Gasteiger partial charge in [0.1, 0.15) is 23.8 Å². The van der Waals surface area contributed by atoms with Crippen LogP contribution in [0.1, 0.15) is 49.0 Å². The Morgan fingerprint density at radius 3 is 2.59 bits per heavy atom. The van der Waals surface area contributed by atoms with E-state index in [2.05, 4.69) is 55.8 Å². The van der Waals surface area contributed by atoms with Gasteiger partial charge in [0.2, 0.25) is 0 Å². The smallest absolute Gasteiger partial charge is 0.297 e. The van der Waals surface area contributed by atoms with Crippen LogP contribution < -0.4 is 24.4 Å². The quantitative estimate of drug-likeness (QED) is 0.0831. The number of hydrogen-bond donors (Lipinski definition) is 3. The number of ether oxygens (including phenoxy) is 2. The summed E-state index contributed by atoms with van der Waals surface area (Å²) in [4.78, 5) is 39.0. The molecule has 3 aromatic carbocycles. The van der Waals surface area contributed by atoms with Gasteiger partial charge in [-0.3, -0.25) is 19.8 Å². The van der Waals surface area contributed by atoms with Gasteiger partial charge in [-0.05, 0) is 86.3 Å². The fraction of sp³-hybridized carbons (Fsp3) is 0.364. The standard InChI is InChI=1S/C44H49ClN8O7S/c1-44(2)13-11-30(37(23-44)28-5-7-31(45)8-6-28)25-51-15-17-52(18-16-51)33-9-10-36(39(20-33)60-34-19-29-12-14-46-42(29)47-24-34)43(54)49-61(57,58)35-21-38(53(55)56)41-40(22-35)59-27-32(48-41)26-50(3)4/h5-10,12,14,19-22,24,32,48H,11,13,15-18,23,25-27H2,1-4H3,(H,46,47)(H,49,54)/t32-/m1/s1. The first-order valence-corrected chi connectivity index (χ1v) is 22.1. The Bertz CT molecular complexity index is 2620. The first kappa shape index (κ1) is 42.0. The number of aromatic nitrogens is 2. The molecule has 1 amide bonds. The number of carbonyl (C=O) groups is 1. The van der Waals surface area contributed by atoms with Crippen LogP contribution in [0.5, 0.6) is 17.2 Å². The number of nitro benzene ring substituents is 1. The second-order valence-corrected chi connectivity index (χ2v) is 19.1. The van der Waals surface area contributed by atoms with Gasteiger partial charge in [0.15, 0.2) is 11.4 Å². The topological polar surface area (TPSA) is 175 Å². The maximum Gasteiger partial charge on any atom is 0.297 e. The van der Waals surface area contributed by atoms with Crippen LogP contribution in [0.25, 0.3) is 16.6 Å². The zero-order valence-electron chi connectivity index (χ0n) is 34.5. The summed E-state index contributed by atoms with van der Waals surface area (Å²) in [5.41, 5.74) is 5.30. The van der Waals surface area contributed by atoms with E-state index in [1.807, 2.05) is 37.2 Å². The van der Waals surface area contributed by atoms with E-state index in [1.54, 1.807) is 24.4 Å². The molecule has 2 aromatic heterocycles. The van der Waals surface area contributed by atoms with Crippen molar-refractivity contribution in [2.24, 2.45) is 5.41 Å². The summed E-state index contributed by atoms with van der Waals surface area (Å²) in [5, 5.41) is 16.8. The Labute approximate surface area is 359 Å². The molecule has 3 N–H and O–H groups in total. The highest BCUT2D eigenvalue weighted by molar-refractivity contribution is 7.90. The van der Waals surface area contributed by atoms with E-state index in [0.717, 1.165) is 74.1 Å². The Morgan fingerprint density at radius 2 is 1.85 bits per heavy atom. The van der Waals surface area contributed by atoms with Crippen molar-refractivity contribution in [2.45, 2.75) is 44.0 Å². The second kappa shape index (κ2) is 17.0. The number of anilines is 2. The number of halogens is 1. The van der Waals surface area contributed by atoms with Crippen LogP contribution in [0.15, 0.2) is 89.6 Å². The van der Waals surface area contributed by atoms with Crippen molar-refractivity contribution in [1.82, 2.24) is 24.5 Å². The van der Waals surface area contributed by atoms with E-state index >= 15 is 0 Å². The maximum absolute atomic E-state index is 14.0. The fourth-order valence-electron chi connectivity index (χ4n) is 8.33. The summed E-state index contributed by atoms with van der Waals surface area (Å²) in [6.45, 7) is 9.29. The average molecular weight is 869 g/mol. The number of rotatable bonds is 12. The summed E-state index contributed by atoms with van der Waals surface area (Å²) < 4.78 is 41.8. The largest absolute Gasteiger partial charge is 0.489 e. The lowest BCUT2D eigenvalue weighted by Crippen LogP contribution is -2.47. The lowest BCUT2D eigenvalue weighted by Gasteiger charge is -2.39. The number of allylic oxidation sites excluding steroid dienone is 1. The SMILES string of the molecule is CN(C)C[C@@H]1COc2cc(S(=O)(=O)NC(=O)c3ccc(N4CCN(CC5=C(c6ccc(Cl)cc6)CC(C)(C)CC5)CC4)cc3Oc3cnc4[nH]ccc4c3)cc([N+](=O)[O-])c2N1. The van der Waals surface area contributed by atoms with Crippen molar-refractivity contribution in [2.75, 3.05) is 70.2 Å². The number of piperazine rings is 1. The number of hydrogen-bond acceptors (Lipinski definition) is 12. The fourth-order valence-corrected chi connectivity index (χ4v) is 9.45. The minimum atomic E-state index is -4.64. The van der Waals surface area contributed by atoms with Crippen LogP contribution in [0, 0.1) is 15.5 Å². The van der Waals surface area contributed by atoms with E-state index in [0.29, 0.717) is 17.9 Å². The number of amides is 1. The number of carbonyl (C=O) groups excluding carboxylic acids is 1. The molecule has 2 aliphatic heterocycles. The van der Waals surface area contributed by atoms with Gasteiger partial charge in [0, 0.05) is 79.8 Å². The van der Waals surface area contributed by atoms with Crippen molar-refractivity contribution < 1.29 is 27.6 Å². The number of H-pyrrole nitrogens is 1. The summed E-state index contributed by atoms with van der Waals surface area (Å²) in [5.74, 6) is -0.524. The van der Waals surface area contributed by atoms with Crippen LogP contribution in [0.3, 0.4) is 0 Å². The number of sulfonamides is 1. The number of fused-ring (bicyclic) bond motifs is 2. The minimum absolute atomic E-state index is 0.000405. The Balaban J connectivity index is 1.03. The van der Waals surface area contributed by atoms with Crippen molar-refractivity contribution in [3.05, 3.63) is 111 Å². The third-order valence-electron chi connectivity index (χ3n) is 11.5. The highest BCUT2D eigenvalue weighted by atomic mass is 35.5. The van der Waals surface area contributed by atoms with Crippen LogP contribution in [-0.2, 0) is 10.0 Å². The molecule has 5 aromatic rings. The monoisotopic (exact) mass is 868 g/mol. The van der Waals surface area contributed by atoms with Gasteiger partial charge in [-0.1, -0.05) is 43.2 Å². The maximum atomic E-state index is 14.0. The van der Waals surface area contributed by atoms with E-state index < -0.39 is 31.4 Å².